The standard InChI is InChI=1S/C24H28N4O6S/c1-24(22(30)25-32,35(2,33)34)9-10-27-14-20-11-19(13-28(20)23(27)31)8-5-17-3-6-18(7-4-17)12-26-15-21(29)16-26/h3-4,6-7,11,13,21,29,32H,9-10,12,14-16H2,1-2H3,(H,25,30). The molecule has 0 aliphatic carbocycles. The Morgan fingerprint density at radius 2 is 1.86 bits per heavy atom. The highest BCUT2D eigenvalue weighted by Gasteiger charge is 2.44. The van der Waals surface area contributed by atoms with E-state index in [2.05, 4.69) is 16.7 Å². The summed E-state index contributed by atoms with van der Waals surface area (Å²) in [4.78, 5) is 28.4. The summed E-state index contributed by atoms with van der Waals surface area (Å²) >= 11 is 0. The Hall–Kier alpha value is -3.17. The molecule has 11 heteroatoms. The molecule has 1 fully saturated rings. The van der Waals surface area contributed by atoms with Crippen LogP contribution in [-0.4, -0.2) is 81.8 Å². The third-order valence-electron chi connectivity index (χ3n) is 6.64. The van der Waals surface area contributed by atoms with E-state index in [1.807, 2.05) is 30.3 Å². The SMILES string of the molecule is CC(CCN1Cc2cc(C#Cc3ccc(CN4CC(O)C4)cc3)cn2C1=O)(C(=O)NO)S(C)(=O)=O. The molecule has 2 amide bonds. The molecule has 1 aromatic carbocycles. The molecular weight excluding hydrogens is 472 g/mol. The van der Waals surface area contributed by atoms with Gasteiger partial charge in [-0.2, -0.15) is 0 Å². The highest BCUT2D eigenvalue weighted by molar-refractivity contribution is 7.92. The van der Waals surface area contributed by atoms with E-state index in [4.69, 9.17) is 5.21 Å². The number of hydrogen-bond donors (Lipinski definition) is 3. The Morgan fingerprint density at radius 1 is 1.20 bits per heavy atom. The van der Waals surface area contributed by atoms with Gasteiger partial charge in [0.2, 0.25) is 0 Å². The second-order valence-electron chi connectivity index (χ2n) is 9.28. The van der Waals surface area contributed by atoms with Crippen molar-refractivity contribution in [2.45, 2.75) is 37.3 Å². The van der Waals surface area contributed by atoms with Crippen LogP contribution in [0.3, 0.4) is 0 Å². The smallest absolute Gasteiger partial charge is 0.328 e. The lowest BCUT2D eigenvalue weighted by atomic mass is 10.1. The number of nitrogens with zero attached hydrogens (tertiary/aromatic N) is 3. The molecule has 1 aromatic heterocycles. The predicted octanol–water partition coefficient (Wildman–Crippen LogP) is 0.547. The van der Waals surface area contributed by atoms with Gasteiger partial charge in [0, 0.05) is 55.5 Å². The molecule has 10 nitrogen and oxygen atoms in total. The molecule has 1 atom stereocenters. The van der Waals surface area contributed by atoms with Crippen LogP contribution in [0.5, 0.6) is 0 Å². The number of carbonyl (C=O) groups excluding carboxylic acids is 2. The molecule has 2 aromatic rings. The van der Waals surface area contributed by atoms with Gasteiger partial charge in [0.1, 0.15) is 0 Å². The Kier molecular flexibility index (Phi) is 6.75. The Labute approximate surface area is 204 Å². The summed E-state index contributed by atoms with van der Waals surface area (Å²) in [6.07, 6.45) is 2.19. The Balaban J connectivity index is 1.37. The molecule has 0 spiro atoms. The highest BCUT2D eigenvalue weighted by atomic mass is 32.2. The van der Waals surface area contributed by atoms with E-state index in [1.54, 1.807) is 6.20 Å². The number of sulfone groups is 1. The van der Waals surface area contributed by atoms with E-state index in [0.717, 1.165) is 29.6 Å². The molecule has 1 unspecified atom stereocenters. The Bertz CT molecular complexity index is 1300. The van der Waals surface area contributed by atoms with Crippen LogP contribution in [0, 0.1) is 11.8 Å². The average Bonchev–Trinajstić information content (AvgIpc) is 3.33. The van der Waals surface area contributed by atoms with Crippen molar-refractivity contribution >= 4 is 21.8 Å². The van der Waals surface area contributed by atoms with Gasteiger partial charge in [-0.05, 0) is 37.1 Å². The third kappa shape index (κ3) is 5.11. The molecule has 2 aliphatic heterocycles. The Morgan fingerprint density at radius 3 is 2.43 bits per heavy atom. The van der Waals surface area contributed by atoms with Crippen LogP contribution in [0.1, 0.15) is 35.7 Å². The molecule has 0 saturated carbocycles. The lowest BCUT2D eigenvalue weighted by molar-refractivity contribution is -0.131. The first kappa shape index (κ1) is 24.9. The molecule has 2 aliphatic rings. The minimum absolute atomic E-state index is 0.0290. The average molecular weight is 501 g/mol. The van der Waals surface area contributed by atoms with E-state index in [9.17, 15) is 23.1 Å². The van der Waals surface area contributed by atoms with Crippen LogP contribution in [0.2, 0.25) is 0 Å². The first-order valence-electron chi connectivity index (χ1n) is 11.2. The zero-order chi connectivity index (χ0) is 25.4. The lowest BCUT2D eigenvalue weighted by Gasteiger charge is -2.35. The normalized spacial score (nSPS) is 17.8. The number of rotatable bonds is 7. The van der Waals surface area contributed by atoms with Crippen LogP contribution in [-0.2, 0) is 27.7 Å². The van der Waals surface area contributed by atoms with Gasteiger partial charge in [0.05, 0.1) is 12.6 Å². The highest BCUT2D eigenvalue weighted by Crippen LogP contribution is 2.25. The maximum Gasteiger partial charge on any atom is 0.328 e. The number of nitrogens with one attached hydrogen (secondary N) is 1. The minimum atomic E-state index is -3.84. The molecule has 4 rings (SSSR count). The monoisotopic (exact) mass is 500 g/mol. The van der Waals surface area contributed by atoms with E-state index in [0.29, 0.717) is 18.7 Å². The fraction of sp³-hybridized carbons (Fsp3) is 0.417. The molecule has 3 heterocycles. The van der Waals surface area contributed by atoms with Crippen molar-refractivity contribution in [3.8, 4) is 11.8 Å². The summed E-state index contributed by atoms with van der Waals surface area (Å²) in [5.74, 6) is 5.13. The van der Waals surface area contributed by atoms with Crippen molar-refractivity contribution in [3.63, 3.8) is 0 Å². The first-order chi connectivity index (χ1) is 16.5. The van der Waals surface area contributed by atoms with Crippen molar-refractivity contribution < 1.29 is 28.3 Å². The van der Waals surface area contributed by atoms with Gasteiger partial charge in [-0.25, -0.2) is 18.7 Å². The lowest BCUT2D eigenvalue weighted by Crippen LogP contribution is -2.50. The van der Waals surface area contributed by atoms with E-state index in [-0.39, 0.29) is 31.6 Å². The van der Waals surface area contributed by atoms with Crippen LogP contribution >= 0.6 is 0 Å². The zero-order valence-corrected chi connectivity index (χ0v) is 20.4. The fourth-order valence-electron chi connectivity index (χ4n) is 4.17. The number of aliphatic hydroxyl groups excluding tert-OH is 1. The first-order valence-corrected chi connectivity index (χ1v) is 13.1. The van der Waals surface area contributed by atoms with Gasteiger partial charge < -0.3 is 10.0 Å². The summed E-state index contributed by atoms with van der Waals surface area (Å²) in [7, 11) is -3.84. The third-order valence-corrected chi connectivity index (χ3v) is 8.66. The van der Waals surface area contributed by atoms with Gasteiger partial charge in [-0.15, -0.1) is 0 Å². The number of benzene rings is 1. The van der Waals surface area contributed by atoms with Crippen LogP contribution < -0.4 is 5.48 Å². The van der Waals surface area contributed by atoms with Crippen LogP contribution in [0.25, 0.3) is 0 Å². The number of amides is 2. The molecular formula is C24H28N4O6S. The number of likely N-dealkylation sites (tertiary alicyclic amines) is 1. The summed E-state index contributed by atoms with van der Waals surface area (Å²) in [6.45, 7) is 3.72. The number of fused-ring (bicyclic) bond motifs is 1. The van der Waals surface area contributed by atoms with E-state index in [1.165, 1.54) is 21.9 Å². The summed E-state index contributed by atoms with van der Waals surface area (Å²) in [5, 5.41) is 18.3. The van der Waals surface area contributed by atoms with Crippen molar-refractivity contribution in [2.24, 2.45) is 0 Å². The molecule has 0 bridgehead atoms. The topological polar surface area (TPSA) is 132 Å². The van der Waals surface area contributed by atoms with Gasteiger partial charge in [-0.3, -0.25) is 19.5 Å². The molecule has 0 radical (unpaired) electrons. The van der Waals surface area contributed by atoms with E-state index >= 15 is 0 Å². The molecule has 3 N–H and O–H groups in total. The van der Waals surface area contributed by atoms with Gasteiger partial charge >= 0.3 is 6.03 Å². The number of aromatic nitrogens is 1. The van der Waals surface area contributed by atoms with Crippen molar-refractivity contribution in [2.75, 3.05) is 25.9 Å². The quantitative estimate of drug-likeness (QED) is 0.287. The number of aliphatic hydroxyl groups is 1. The second-order valence-corrected chi connectivity index (χ2v) is 11.7. The maximum absolute atomic E-state index is 12.8. The van der Waals surface area contributed by atoms with Crippen LogP contribution in [0.4, 0.5) is 4.79 Å². The molecule has 1 saturated heterocycles. The van der Waals surface area contributed by atoms with Gasteiger partial charge in [-0.1, -0.05) is 24.0 Å². The molecule has 35 heavy (non-hydrogen) atoms. The zero-order valence-electron chi connectivity index (χ0n) is 19.6. The largest absolute Gasteiger partial charge is 0.390 e. The van der Waals surface area contributed by atoms with Gasteiger partial charge in [0.15, 0.2) is 14.6 Å². The van der Waals surface area contributed by atoms with Crippen molar-refractivity contribution in [3.05, 3.63) is 58.9 Å². The fourth-order valence-corrected chi connectivity index (χ4v) is 5.01. The number of hydrogen-bond acceptors (Lipinski definition) is 7. The summed E-state index contributed by atoms with van der Waals surface area (Å²) in [6, 6.07) is 9.39. The summed E-state index contributed by atoms with van der Waals surface area (Å²) in [5.41, 5.74) is 4.82. The van der Waals surface area contributed by atoms with E-state index < -0.39 is 20.5 Å². The van der Waals surface area contributed by atoms with Crippen molar-refractivity contribution in [1.29, 1.82) is 0 Å². The number of β-amino-alcohol motifs (C(OH)–C–C–N with tert-alkyl or cyclic N) is 1. The number of hydroxylamine groups is 1. The number of carbonyl (C=O) groups is 2. The molecule has 186 valence electrons. The van der Waals surface area contributed by atoms with Crippen molar-refractivity contribution in [1.82, 2.24) is 19.8 Å². The van der Waals surface area contributed by atoms with Crippen LogP contribution in [0.15, 0.2) is 36.5 Å². The predicted molar refractivity (Wildman–Crippen MR) is 127 cm³/mol. The second kappa shape index (κ2) is 9.47. The van der Waals surface area contributed by atoms with Gasteiger partial charge in [0.25, 0.3) is 5.91 Å². The maximum atomic E-state index is 12.8. The minimum Gasteiger partial charge on any atom is -0.390 e. The summed E-state index contributed by atoms with van der Waals surface area (Å²) < 4.78 is 23.9.